The van der Waals surface area contributed by atoms with Gasteiger partial charge in [0.2, 0.25) is 0 Å². The molecule has 0 aromatic heterocycles. The summed E-state index contributed by atoms with van der Waals surface area (Å²) in [5.41, 5.74) is 5.18. The van der Waals surface area contributed by atoms with Crippen molar-refractivity contribution >= 4 is 100 Å². The molecule has 0 aliphatic heterocycles. The molecule has 0 saturated heterocycles. The van der Waals surface area contributed by atoms with E-state index >= 15 is 0 Å². The van der Waals surface area contributed by atoms with E-state index < -0.39 is 58.6 Å². The molecule has 0 atom stereocenters. The zero-order valence-electron chi connectivity index (χ0n) is 41.5. The van der Waals surface area contributed by atoms with Crippen LogP contribution in [0, 0.1) is 0 Å². The van der Waals surface area contributed by atoms with Crippen LogP contribution in [-0.2, 0) is 0 Å². The van der Waals surface area contributed by atoms with Crippen molar-refractivity contribution in [3.05, 3.63) is 70.8 Å². The minimum absolute atomic E-state index is 0.920. The average molecular weight is 1100 g/mol. The van der Waals surface area contributed by atoms with E-state index in [-0.39, 0.29) is 0 Å². The fourth-order valence-electron chi connectivity index (χ4n) is 8.30. The number of hydrogen-bond donors (Lipinski definition) is 0. The molecule has 0 radical (unpaired) electrons. The van der Waals surface area contributed by atoms with Crippen LogP contribution < -0.4 is 26.9 Å². The van der Waals surface area contributed by atoms with Crippen molar-refractivity contribution in [1.82, 2.24) is 0 Å². The van der Waals surface area contributed by atoms with Crippen molar-refractivity contribution < 1.29 is 9.47 Å². The third kappa shape index (κ3) is 18.0. The molecule has 0 fully saturated rings. The zero-order chi connectivity index (χ0) is 45.0. The van der Waals surface area contributed by atoms with Crippen LogP contribution in [0.1, 0.15) is 180 Å². The Bertz CT molecular complexity index is 1560. The Kier molecular flexibility index (Phi) is 29.8. The first-order valence-electron chi connectivity index (χ1n) is 25.3. The zero-order valence-corrected chi connectivity index (χ0v) is 49.0. The van der Waals surface area contributed by atoms with Gasteiger partial charge in [-0.1, -0.05) is 0 Å². The van der Waals surface area contributed by atoms with Gasteiger partial charge in [0.05, 0.1) is 0 Å². The van der Waals surface area contributed by atoms with Crippen molar-refractivity contribution in [2.45, 2.75) is 200 Å². The van der Waals surface area contributed by atoms with E-state index in [4.69, 9.17) is 9.47 Å². The van der Waals surface area contributed by atoms with Gasteiger partial charge in [0.1, 0.15) is 0 Å². The molecule has 0 aliphatic carbocycles. The van der Waals surface area contributed by atoms with E-state index in [2.05, 4.69) is 128 Å². The molecule has 0 amide bonds. The Morgan fingerprint density at radius 1 is 0.355 bits per heavy atom. The van der Waals surface area contributed by atoms with Crippen LogP contribution in [0.3, 0.4) is 0 Å². The van der Waals surface area contributed by atoms with Gasteiger partial charge in [-0.2, -0.15) is 0 Å². The van der Waals surface area contributed by atoms with Crippen molar-refractivity contribution in [1.29, 1.82) is 0 Å². The van der Waals surface area contributed by atoms with Crippen molar-refractivity contribution in [3.63, 3.8) is 0 Å². The second kappa shape index (κ2) is 33.4. The van der Waals surface area contributed by atoms with Crippen LogP contribution in [0.4, 0.5) is 0 Å². The Labute approximate surface area is 402 Å². The molecule has 0 saturated carbocycles. The van der Waals surface area contributed by atoms with Gasteiger partial charge in [0.15, 0.2) is 0 Å². The fourth-order valence-corrected chi connectivity index (χ4v) is 38.8. The summed E-state index contributed by atoms with van der Waals surface area (Å²) >= 11 is -4.83. The number of unbranched alkanes of at least 4 members (excludes halogenated alkanes) is 8. The molecule has 346 valence electrons. The number of hydrogen-bond acceptors (Lipinski definition) is 2. The topological polar surface area (TPSA) is 18.5 Å². The van der Waals surface area contributed by atoms with Gasteiger partial charge < -0.3 is 0 Å². The van der Waals surface area contributed by atoms with Crippen LogP contribution in [-0.4, -0.2) is 72.8 Å². The van der Waals surface area contributed by atoms with E-state index in [9.17, 15) is 0 Å². The summed E-state index contributed by atoms with van der Waals surface area (Å²) in [5, 5.41) is 11.6. The fraction of sp³-hybridized carbons (Fsp3) is 0.607. The summed E-state index contributed by atoms with van der Waals surface area (Å²) in [6.07, 6.45) is 31.0. The van der Waals surface area contributed by atoms with E-state index in [0.29, 0.717) is 0 Å². The van der Waals surface area contributed by atoms with E-state index in [1.54, 1.807) is 0 Å². The summed E-state index contributed by atoms with van der Waals surface area (Å²) in [4.78, 5) is 0. The van der Waals surface area contributed by atoms with Gasteiger partial charge in [-0.25, -0.2) is 0 Å². The Morgan fingerprint density at radius 2 is 0.613 bits per heavy atom. The molecule has 0 heterocycles. The summed E-state index contributed by atoms with van der Waals surface area (Å²) in [7, 11) is 3.68. The third-order valence-corrected chi connectivity index (χ3v) is 37.3. The molecule has 0 aliphatic rings. The third-order valence-electron chi connectivity index (χ3n) is 12.1. The van der Waals surface area contributed by atoms with E-state index in [1.807, 2.05) is 31.6 Å². The van der Waals surface area contributed by atoms with Crippen molar-refractivity contribution in [3.8, 4) is 11.5 Å². The molecule has 0 bridgehead atoms. The number of benzene rings is 3. The van der Waals surface area contributed by atoms with Gasteiger partial charge in [0, 0.05) is 0 Å². The molecule has 3 rings (SSSR count). The van der Waals surface area contributed by atoms with Crippen LogP contribution >= 0.6 is 0 Å². The van der Waals surface area contributed by atoms with Gasteiger partial charge in [-0.15, -0.1) is 0 Å². The predicted molar refractivity (Wildman–Crippen MR) is 290 cm³/mol. The number of rotatable bonds is 34. The monoisotopic (exact) mass is 1090 g/mol. The molecule has 0 N–H and O–H groups in total. The first-order valence-corrected chi connectivity index (χ1v) is 39.6. The van der Waals surface area contributed by atoms with Crippen molar-refractivity contribution in [2.75, 3.05) is 14.2 Å². The summed E-state index contributed by atoms with van der Waals surface area (Å²) < 4.78 is 19.8. The van der Waals surface area contributed by atoms with Crippen molar-refractivity contribution in [2.24, 2.45) is 0 Å². The summed E-state index contributed by atoms with van der Waals surface area (Å²) in [6.45, 7) is 19.1. The Balaban J connectivity index is 2.20. The normalized spacial score (nSPS) is 12.1. The number of methoxy groups -OCH3 is 2. The summed E-state index contributed by atoms with van der Waals surface area (Å²) in [5.74, 6) is 1.84. The predicted octanol–water partition coefficient (Wildman–Crippen LogP) is 15.3. The quantitative estimate of drug-likeness (QED) is 0.0438. The van der Waals surface area contributed by atoms with E-state index in [1.165, 1.54) is 156 Å². The van der Waals surface area contributed by atoms with Crippen LogP contribution in [0.15, 0.2) is 48.5 Å². The second-order valence-electron chi connectivity index (χ2n) is 17.2. The second-order valence-corrected chi connectivity index (χ2v) is 37.7. The maximum absolute atomic E-state index is 6.23. The molecule has 0 unspecified atom stereocenters. The maximum atomic E-state index is 6.23. The van der Waals surface area contributed by atoms with Gasteiger partial charge in [-0.05, 0) is 0 Å². The standard InChI is InChI=1S/C56H90As4O2/c1-11-19-37-57(38-20-12-2)51-31-27-29-47(55(51)59(41-23-15-5)42-24-16-6)33-35-49-45-54(62-10)50(46-53(49)61-9)36-34-48-30-28-32-52(58(39-21-13-3)40-22-14-4)56(48)60(43-25-17-7)44-26-18-8/h27-36,45-46H,11-26,37-44H2,1-10H3/b35-33+,36-34+. The molecular formula is C56H90As4O2. The van der Waals surface area contributed by atoms with Gasteiger partial charge >= 0.3 is 406 Å². The average Bonchev–Trinajstić information content (AvgIpc) is 3.30. The van der Waals surface area contributed by atoms with Gasteiger partial charge in [-0.3, -0.25) is 0 Å². The van der Waals surface area contributed by atoms with Crippen LogP contribution in [0.2, 0.25) is 41.7 Å². The van der Waals surface area contributed by atoms with Gasteiger partial charge in [0.25, 0.3) is 0 Å². The molecule has 6 heteroatoms. The Hall–Kier alpha value is -1.03. The molecule has 62 heavy (non-hydrogen) atoms. The molecule has 3 aromatic carbocycles. The SMILES string of the molecule is CCCC[As](CCCC)c1cccc(/C=C/c2cc(OC)c(/C=C/c3cccc([As](CCCC)CCCC)c3[As](CCCC)CCCC)cc2OC)c1[As](CCCC)CCCC. The first kappa shape index (κ1) is 55.3. The molecule has 3 aromatic rings. The van der Waals surface area contributed by atoms with Crippen LogP contribution in [0.5, 0.6) is 11.5 Å². The summed E-state index contributed by atoms with van der Waals surface area (Å²) in [6, 6.07) is 19.4. The first-order chi connectivity index (χ1) is 30.4. The molecule has 2 nitrogen and oxygen atoms in total. The Morgan fingerprint density at radius 3 is 0.871 bits per heavy atom. The van der Waals surface area contributed by atoms with Crippen LogP contribution in [0.25, 0.3) is 24.3 Å². The molecule has 0 spiro atoms. The van der Waals surface area contributed by atoms with E-state index in [0.717, 1.165) is 22.6 Å². The minimum atomic E-state index is -1.25. The number of ether oxygens (including phenoxy) is 2. The molecular weight excluding hydrogens is 1000 g/mol.